The van der Waals surface area contributed by atoms with Gasteiger partial charge in [-0.3, -0.25) is 19.4 Å². The van der Waals surface area contributed by atoms with Gasteiger partial charge in [0.05, 0.1) is 37.9 Å². The van der Waals surface area contributed by atoms with Crippen molar-refractivity contribution < 1.29 is 15.0 Å². The molecule has 0 aromatic carbocycles. The molecule has 8 heteroatoms. The van der Waals surface area contributed by atoms with Crippen molar-refractivity contribution in [1.82, 2.24) is 14.8 Å². The summed E-state index contributed by atoms with van der Waals surface area (Å²) in [6.07, 6.45) is 0.768. The van der Waals surface area contributed by atoms with Gasteiger partial charge < -0.3 is 10.2 Å². The molecule has 0 radical (unpaired) electrons. The zero-order chi connectivity index (χ0) is 14.3. The standard InChI is InChI=1S/C12H16N4O4/c17-3-1-15-11(19)7-5-10-8(6-9(7)13-15)12(20)16(14-10)2-4-18/h7,14,17-18H,1-6H2. The zero-order valence-corrected chi connectivity index (χ0v) is 10.9. The monoisotopic (exact) mass is 280 g/mol. The normalized spacial score (nSPS) is 20.9. The van der Waals surface area contributed by atoms with E-state index in [1.54, 1.807) is 0 Å². The van der Waals surface area contributed by atoms with Crippen molar-refractivity contribution in [3.63, 3.8) is 0 Å². The van der Waals surface area contributed by atoms with Crippen LogP contribution in [0.15, 0.2) is 9.90 Å². The number of aliphatic hydroxyl groups excluding tert-OH is 2. The lowest BCUT2D eigenvalue weighted by Gasteiger charge is -2.16. The third-order valence-corrected chi connectivity index (χ3v) is 3.74. The summed E-state index contributed by atoms with van der Waals surface area (Å²) < 4.78 is 1.36. The molecule has 1 aliphatic heterocycles. The fraction of sp³-hybridized carbons (Fsp3) is 0.583. The Morgan fingerprint density at radius 1 is 1.25 bits per heavy atom. The van der Waals surface area contributed by atoms with E-state index in [0.29, 0.717) is 24.1 Å². The van der Waals surface area contributed by atoms with E-state index in [1.807, 2.05) is 0 Å². The van der Waals surface area contributed by atoms with Crippen molar-refractivity contribution in [2.75, 3.05) is 19.8 Å². The van der Waals surface area contributed by atoms with Crippen LogP contribution in [-0.2, 0) is 24.2 Å². The number of rotatable bonds is 4. The Labute approximate surface area is 114 Å². The molecule has 1 amide bonds. The fourth-order valence-corrected chi connectivity index (χ4v) is 2.78. The van der Waals surface area contributed by atoms with Crippen LogP contribution in [-0.4, -0.2) is 56.4 Å². The number of aliphatic hydroxyl groups is 2. The lowest BCUT2D eigenvalue weighted by molar-refractivity contribution is -0.132. The molecule has 3 rings (SSSR count). The molecule has 1 unspecified atom stereocenters. The summed E-state index contributed by atoms with van der Waals surface area (Å²) in [5, 5.41) is 26.3. The Bertz CT molecular complexity index is 630. The Morgan fingerprint density at radius 2 is 2.00 bits per heavy atom. The van der Waals surface area contributed by atoms with Gasteiger partial charge in [0.15, 0.2) is 0 Å². The van der Waals surface area contributed by atoms with E-state index in [0.717, 1.165) is 5.69 Å². The first kappa shape index (κ1) is 13.1. The number of carbonyl (C=O) groups is 1. The number of β-amino-alcohol motifs (C(OH)–C–C–N with tert-alkyl or cyclic N) is 1. The van der Waals surface area contributed by atoms with Crippen LogP contribution < -0.4 is 5.56 Å². The molecule has 2 heterocycles. The molecular weight excluding hydrogens is 264 g/mol. The Balaban J connectivity index is 1.92. The molecule has 0 spiro atoms. The molecule has 3 N–H and O–H groups in total. The van der Waals surface area contributed by atoms with Crippen LogP contribution in [0.4, 0.5) is 0 Å². The van der Waals surface area contributed by atoms with Crippen molar-refractivity contribution in [2.45, 2.75) is 19.4 Å². The third kappa shape index (κ3) is 1.88. The van der Waals surface area contributed by atoms with Crippen molar-refractivity contribution in [1.29, 1.82) is 0 Å². The average molecular weight is 280 g/mol. The van der Waals surface area contributed by atoms with Crippen molar-refractivity contribution in [3.8, 4) is 0 Å². The van der Waals surface area contributed by atoms with Gasteiger partial charge in [0.2, 0.25) is 0 Å². The van der Waals surface area contributed by atoms with Crippen LogP contribution >= 0.6 is 0 Å². The molecule has 2 aliphatic rings. The van der Waals surface area contributed by atoms with E-state index < -0.39 is 0 Å². The molecule has 0 fully saturated rings. The van der Waals surface area contributed by atoms with Crippen LogP contribution in [0.5, 0.6) is 0 Å². The molecule has 108 valence electrons. The number of fused-ring (bicyclic) bond motifs is 2. The minimum Gasteiger partial charge on any atom is -0.394 e. The number of H-pyrrole nitrogens is 1. The summed E-state index contributed by atoms with van der Waals surface area (Å²) in [7, 11) is 0. The number of aromatic nitrogens is 2. The molecule has 0 saturated heterocycles. The van der Waals surface area contributed by atoms with E-state index in [4.69, 9.17) is 10.2 Å². The largest absolute Gasteiger partial charge is 0.394 e. The van der Waals surface area contributed by atoms with Gasteiger partial charge in [-0.25, -0.2) is 5.01 Å². The van der Waals surface area contributed by atoms with E-state index in [9.17, 15) is 9.59 Å². The topological polar surface area (TPSA) is 111 Å². The second-order valence-corrected chi connectivity index (χ2v) is 4.96. The third-order valence-electron chi connectivity index (χ3n) is 3.74. The number of nitrogens with zero attached hydrogens (tertiary/aromatic N) is 3. The lowest BCUT2D eigenvalue weighted by atomic mass is 9.86. The van der Waals surface area contributed by atoms with Crippen LogP contribution in [0.1, 0.15) is 11.3 Å². The first-order chi connectivity index (χ1) is 9.65. The summed E-state index contributed by atoms with van der Waals surface area (Å²) in [6.45, 7) is 0.145. The Hall–Kier alpha value is -1.93. The van der Waals surface area contributed by atoms with Crippen LogP contribution in [0.2, 0.25) is 0 Å². The van der Waals surface area contributed by atoms with Gasteiger partial charge >= 0.3 is 0 Å². The van der Waals surface area contributed by atoms with Gasteiger partial charge in [0.1, 0.15) is 0 Å². The van der Waals surface area contributed by atoms with Gasteiger partial charge in [0, 0.05) is 24.1 Å². The van der Waals surface area contributed by atoms with Gasteiger partial charge in [-0.1, -0.05) is 0 Å². The predicted molar refractivity (Wildman–Crippen MR) is 69.3 cm³/mol. The highest BCUT2D eigenvalue weighted by Crippen LogP contribution is 2.27. The minimum absolute atomic E-state index is 0.118. The zero-order valence-electron chi connectivity index (χ0n) is 10.9. The lowest BCUT2D eigenvalue weighted by Crippen LogP contribution is -2.34. The second kappa shape index (κ2) is 4.88. The van der Waals surface area contributed by atoms with E-state index in [1.165, 1.54) is 9.69 Å². The van der Waals surface area contributed by atoms with Crippen molar-refractivity contribution in [3.05, 3.63) is 21.6 Å². The van der Waals surface area contributed by atoms with Crippen LogP contribution in [0.25, 0.3) is 0 Å². The fourth-order valence-electron chi connectivity index (χ4n) is 2.78. The maximum atomic E-state index is 12.1. The quantitative estimate of drug-likeness (QED) is 0.596. The highest BCUT2D eigenvalue weighted by Gasteiger charge is 2.40. The molecule has 8 nitrogen and oxygen atoms in total. The van der Waals surface area contributed by atoms with Crippen LogP contribution in [0.3, 0.4) is 0 Å². The summed E-state index contributed by atoms with van der Waals surface area (Å²) in [5.41, 5.74) is 1.88. The van der Waals surface area contributed by atoms with Gasteiger partial charge in [-0.2, -0.15) is 5.10 Å². The van der Waals surface area contributed by atoms with Crippen molar-refractivity contribution >= 4 is 11.6 Å². The predicted octanol–water partition coefficient (Wildman–Crippen LogP) is -1.93. The minimum atomic E-state index is -0.338. The summed E-state index contributed by atoms with van der Waals surface area (Å²) in [4.78, 5) is 24.2. The van der Waals surface area contributed by atoms with Crippen molar-refractivity contribution in [2.24, 2.45) is 11.0 Å². The molecule has 0 bridgehead atoms. The average Bonchev–Trinajstić information content (AvgIpc) is 2.89. The molecule has 1 atom stereocenters. The van der Waals surface area contributed by atoms with Gasteiger partial charge in [-0.05, 0) is 0 Å². The Morgan fingerprint density at radius 3 is 2.70 bits per heavy atom. The van der Waals surface area contributed by atoms with Crippen LogP contribution in [0, 0.1) is 5.92 Å². The SMILES string of the molecule is O=C1C2Cc3[nH]n(CCO)c(=O)c3CC2=NN1CCO. The molecule has 1 aliphatic carbocycles. The second-order valence-electron chi connectivity index (χ2n) is 4.96. The van der Waals surface area contributed by atoms with E-state index in [2.05, 4.69) is 10.2 Å². The summed E-state index contributed by atoms with van der Waals surface area (Å²) in [6, 6.07) is 0. The first-order valence-corrected chi connectivity index (χ1v) is 6.56. The maximum Gasteiger partial charge on any atom is 0.270 e. The number of hydrazone groups is 1. The highest BCUT2D eigenvalue weighted by atomic mass is 16.3. The van der Waals surface area contributed by atoms with Gasteiger partial charge in [0.25, 0.3) is 11.5 Å². The molecule has 0 saturated carbocycles. The number of nitrogens with one attached hydrogen (secondary N) is 1. The van der Waals surface area contributed by atoms with E-state index >= 15 is 0 Å². The summed E-state index contributed by atoms with van der Waals surface area (Å²) >= 11 is 0. The van der Waals surface area contributed by atoms with E-state index in [-0.39, 0.29) is 43.7 Å². The highest BCUT2D eigenvalue weighted by molar-refractivity contribution is 6.09. The first-order valence-electron chi connectivity index (χ1n) is 6.56. The Kier molecular flexibility index (Phi) is 3.19. The maximum absolute atomic E-state index is 12.1. The number of hydrogen-bond donors (Lipinski definition) is 3. The number of carbonyl (C=O) groups excluding carboxylic acids is 1. The molecule has 1 aromatic heterocycles. The molecular formula is C12H16N4O4. The van der Waals surface area contributed by atoms with Gasteiger partial charge in [-0.15, -0.1) is 0 Å². The molecule has 20 heavy (non-hydrogen) atoms. The number of hydrogen-bond acceptors (Lipinski definition) is 5. The summed E-state index contributed by atoms with van der Waals surface area (Å²) in [5.74, 6) is -0.467. The number of aromatic amines is 1. The molecule has 1 aromatic rings. The smallest absolute Gasteiger partial charge is 0.270 e. The number of amides is 1.